The number of thioether (sulfide) groups is 1. The molecule has 3 aliphatic heterocycles. The number of β-lactam (4-membered cyclic amide) rings is 1. The maximum absolute atomic E-state index is 12.9. The molecule has 1 aromatic rings. The first-order valence-electron chi connectivity index (χ1n) is 21.5. The van der Waals surface area contributed by atoms with Gasteiger partial charge in [-0.25, -0.2) is 0 Å². The van der Waals surface area contributed by atoms with Crippen LogP contribution in [0.3, 0.4) is 0 Å². The van der Waals surface area contributed by atoms with E-state index in [1.807, 2.05) is 0 Å². The van der Waals surface area contributed by atoms with Gasteiger partial charge in [-0.05, 0) is 31.0 Å². The van der Waals surface area contributed by atoms with E-state index in [1.54, 1.807) is 45.9 Å². The van der Waals surface area contributed by atoms with Gasteiger partial charge in [-0.3, -0.25) is 57.7 Å². The third-order valence-electron chi connectivity index (χ3n) is 9.86. The lowest BCUT2D eigenvalue weighted by atomic mass is 10.1. The molecule has 3 aliphatic rings. The molecular formula is C42H58N6O15S3. The number of ketones is 2. The van der Waals surface area contributed by atoms with E-state index in [1.165, 1.54) is 11.8 Å². The number of Topliss-reactive ketones (excluding diaryl/α,β-unsaturated/α-hetero) is 2. The smallest absolute Gasteiger partial charge is 0.250 e. The van der Waals surface area contributed by atoms with Gasteiger partial charge in [0.15, 0.2) is 11.6 Å². The van der Waals surface area contributed by atoms with Crippen LogP contribution >= 0.6 is 33.3 Å². The molecule has 0 aliphatic carbocycles. The zero-order chi connectivity index (χ0) is 47.7. The molecule has 4 N–H and O–H groups in total. The molecule has 3 saturated heterocycles. The standard InChI is InChI=1S/C42H58N6O15S3/c1-28(49)31(25-44-36(53)26-63-27-37(54)45-30-5-2-29(3-6-30)4-7-38(55)47-14-9-39(47)56)46-35(52)11-23-64-33-24-40(57)48(41(33)58)13-8-34(51)43-12-16-60-18-20-62-22-21-61-19-17-59-15-10-32(50)42-65-66-42/h2-3,5-6,31,33,42H,4,7-27H2,1H3,(H,43,51)(H,44,53)(H,45,54)(H,46,52)/t31-,33?/m1/s1. The molecule has 1 aromatic carbocycles. The van der Waals surface area contributed by atoms with Gasteiger partial charge in [-0.2, -0.15) is 0 Å². The Kier molecular flexibility index (Phi) is 24.7. The molecule has 0 spiro atoms. The molecule has 2 atom stereocenters. The second-order valence-corrected chi connectivity index (χ2v) is 19.0. The van der Waals surface area contributed by atoms with Crippen LogP contribution in [0.25, 0.3) is 0 Å². The lowest BCUT2D eigenvalue weighted by molar-refractivity contribution is -0.152. The summed E-state index contributed by atoms with van der Waals surface area (Å²) in [5, 5.41) is 9.64. The van der Waals surface area contributed by atoms with Crippen LogP contribution in [0.1, 0.15) is 51.0 Å². The maximum atomic E-state index is 12.9. The summed E-state index contributed by atoms with van der Waals surface area (Å²) < 4.78 is 26.9. The van der Waals surface area contributed by atoms with Gasteiger partial charge in [0.1, 0.15) is 23.8 Å². The van der Waals surface area contributed by atoms with E-state index >= 15 is 0 Å². The fourth-order valence-corrected chi connectivity index (χ4v) is 8.48. The molecule has 0 radical (unpaired) electrons. The van der Waals surface area contributed by atoms with Gasteiger partial charge < -0.3 is 45.0 Å². The minimum absolute atomic E-state index is 0.0703. The topological polar surface area (TPSA) is 271 Å². The third-order valence-corrected chi connectivity index (χ3v) is 13.1. The summed E-state index contributed by atoms with van der Waals surface area (Å²) >= 11 is 1.12. The summed E-state index contributed by atoms with van der Waals surface area (Å²) in [7, 11) is 3.15. The summed E-state index contributed by atoms with van der Waals surface area (Å²) in [6, 6.07) is 5.77. The van der Waals surface area contributed by atoms with Crippen molar-refractivity contribution in [3.8, 4) is 0 Å². The van der Waals surface area contributed by atoms with Crippen molar-refractivity contribution in [1.82, 2.24) is 25.8 Å². The molecule has 3 fully saturated rings. The van der Waals surface area contributed by atoms with Crippen LogP contribution in [-0.2, 0) is 78.1 Å². The predicted octanol–water partition coefficient (Wildman–Crippen LogP) is 0.0270. The molecule has 8 amide bonds. The first kappa shape index (κ1) is 54.2. The van der Waals surface area contributed by atoms with Crippen molar-refractivity contribution in [3.05, 3.63) is 29.8 Å². The van der Waals surface area contributed by atoms with Crippen LogP contribution in [0.2, 0.25) is 0 Å². The average molecular weight is 983 g/mol. The van der Waals surface area contributed by atoms with Crippen LogP contribution in [0.4, 0.5) is 5.69 Å². The van der Waals surface area contributed by atoms with Crippen molar-refractivity contribution in [2.45, 2.75) is 67.7 Å². The number of amides is 8. The lowest BCUT2D eigenvalue weighted by Crippen LogP contribution is -2.48. The Bertz CT molecular complexity index is 1850. The zero-order valence-corrected chi connectivity index (χ0v) is 39.3. The van der Waals surface area contributed by atoms with Crippen molar-refractivity contribution in [2.24, 2.45) is 0 Å². The van der Waals surface area contributed by atoms with Gasteiger partial charge in [0.2, 0.25) is 47.3 Å². The highest BCUT2D eigenvalue weighted by Gasteiger charge is 2.39. The summed E-state index contributed by atoms with van der Waals surface area (Å²) in [5.41, 5.74) is 1.33. The number of carbonyl (C=O) groups is 10. The Hall–Kier alpha value is -4.43. The molecule has 0 bridgehead atoms. The number of nitrogens with one attached hydrogen (secondary N) is 4. The number of imide groups is 2. The maximum Gasteiger partial charge on any atom is 0.250 e. The summed E-state index contributed by atoms with van der Waals surface area (Å²) in [6.45, 7) is 3.59. The van der Waals surface area contributed by atoms with Crippen molar-refractivity contribution in [2.75, 3.05) is 103 Å². The molecular weight excluding hydrogens is 925 g/mol. The number of carbonyl (C=O) groups excluding carboxylic acids is 10. The quantitative estimate of drug-likeness (QED) is 0.0230. The Balaban J connectivity index is 0.963. The van der Waals surface area contributed by atoms with Crippen LogP contribution in [0.15, 0.2) is 24.3 Å². The first-order chi connectivity index (χ1) is 31.8. The van der Waals surface area contributed by atoms with Crippen molar-refractivity contribution in [1.29, 1.82) is 0 Å². The van der Waals surface area contributed by atoms with E-state index in [4.69, 9.17) is 23.7 Å². The van der Waals surface area contributed by atoms with E-state index in [9.17, 15) is 47.9 Å². The van der Waals surface area contributed by atoms with E-state index in [0.717, 1.165) is 22.2 Å². The SMILES string of the molecule is CC(=O)[C@@H](CNC(=O)COCC(=O)Nc1ccc(CCC(=O)N2CCC2=O)cc1)NC(=O)CCSC1CC(=O)N(CCC(=O)NCCOCCOCCOCCOCCC(=O)C2SS2)C1=O. The van der Waals surface area contributed by atoms with Crippen LogP contribution in [0, 0.1) is 0 Å². The molecule has 21 nitrogen and oxygen atoms in total. The van der Waals surface area contributed by atoms with E-state index < -0.39 is 59.8 Å². The van der Waals surface area contributed by atoms with Crippen LogP contribution in [0.5, 0.6) is 0 Å². The number of anilines is 1. The molecule has 364 valence electrons. The largest absolute Gasteiger partial charge is 0.379 e. The van der Waals surface area contributed by atoms with Gasteiger partial charge in [0, 0.05) is 76.1 Å². The van der Waals surface area contributed by atoms with Gasteiger partial charge in [-0.15, -0.1) is 11.8 Å². The summed E-state index contributed by atoms with van der Waals surface area (Å²) in [4.78, 5) is 125. The molecule has 66 heavy (non-hydrogen) atoms. The van der Waals surface area contributed by atoms with Crippen molar-refractivity contribution in [3.63, 3.8) is 0 Å². The number of nitrogens with zero attached hydrogens (tertiary/aromatic N) is 2. The number of benzene rings is 1. The summed E-state index contributed by atoms with van der Waals surface area (Å²) in [6.07, 6.45) is 1.23. The highest BCUT2D eigenvalue weighted by molar-refractivity contribution is 8.93. The Labute approximate surface area is 394 Å². The lowest BCUT2D eigenvalue weighted by Gasteiger charge is -2.28. The van der Waals surface area contributed by atoms with E-state index in [2.05, 4.69) is 21.3 Å². The fraction of sp³-hybridized carbons (Fsp3) is 0.619. The highest BCUT2D eigenvalue weighted by atomic mass is 33.2. The molecule has 24 heteroatoms. The van der Waals surface area contributed by atoms with Crippen LogP contribution < -0.4 is 21.3 Å². The normalized spacial score (nSPS) is 16.1. The van der Waals surface area contributed by atoms with Gasteiger partial charge >= 0.3 is 0 Å². The predicted molar refractivity (Wildman–Crippen MR) is 243 cm³/mol. The fourth-order valence-electron chi connectivity index (χ4n) is 6.05. The molecule has 3 heterocycles. The second-order valence-electron chi connectivity index (χ2n) is 14.9. The first-order valence-corrected chi connectivity index (χ1v) is 24.9. The number of hydrogen-bond acceptors (Lipinski definition) is 18. The third kappa shape index (κ3) is 21.0. The molecule has 1 unspecified atom stereocenters. The number of aryl methyl sites for hydroxylation is 1. The second kappa shape index (κ2) is 30.1. The molecule has 0 saturated carbocycles. The average Bonchev–Trinajstić information content (AvgIpc) is 4.10. The monoisotopic (exact) mass is 982 g/mol. The van der Waals surface area contributed by atoms with Gasteiger partial charge in [0.05, 0.1) is 58.1 Å². The molecule has 4 rings (SSSR count). The number of likely N-dealkylation sites (tertiary alicyclic amines) is 2. The Morgan fingerprint density at radius 1 is 0.727 bits per heavy atom. The number of ether oxygens (including phenoxy) is 5. The van der Waals surface area contributed by atoms with E-state index in [-0.39, 0.29) is 85.8 Å². The molecule has 0 aromatic heterocycles. The Morgan fingerprint density at radius 3 is 2.00 bits per heavy atom. The van der Waals surface area contributed by atoms with Gasteiger partial charge in [0.25, 0.3) is 0 Å². The number of hydrogen-bond donors (Lipinski definition) is 4. The zero-order valence-electron chi connectivity index (χ0n) is 36.8. The number of rotatable bonds is 35. The summed E-state index contributed by atoms with van der Waals surface area (Å²) in [5.74, 6) is -3.28. The Morgan fingerprint density at radius 2 is 1.38 bits per heavy atom. The van der Waals surface area contributed by atoms with Crippen molar-refractivity contribution < 1.29 is 71.6 Å². The minimum Gasteiger partial charge on any atom is -0.379 e. The highest BCUT2D eigenvalue weighted by Crippen LogP contribution is 2.53. The van der Waals surface area contributed by atoms with E-state index in [0.29, 0.717) is 77.7 Å². The minimum atomic E-state index is -1.04. The van der Waals surface area contributed by atoms with Gasteiger partial charge in [-0.1, -0.05) is 33.7 Å². The van der Waals surface area contributed by atoms with Crippen LogP contribution in [-0.4, -0.2) is 182 Å². The van der Waals surface area contributed by atoms with Crippen molar-refractivity contribution >= 4 is 97.9 Å².